The van der Waals surface area contributed by atoms with Crippen LogP contribution in [0.1, 0.15) is 43.2 Å². The van der Waals surface area contributed by atoms with E-state index in [0.29, 0.717) is 13.0 Å². The summed E-state index contributed by atoms with van der Waals surface area (Å²) < 4.78 is 1.90. The lowest BCUT2D eigenvalue weighted by atomic mass is 10.1. The average molecular weight is 376 g/mol. The van der Waals surface area contributed by atoms with Crippen LogP contribution in [0.15, 0.2) is 42.7 Å². The van der Waals surface area contributed by atoms with E-state index in [1.54, 1.807) is 6.20 Å². The van der Waals surface area contributed by atoms with Crippen molar-refractivity contribution in [2.45, 2.75) is 50.4 Å². The van der Waals surface area contributed by atoms with Crippen molar-refractivity contribution in [2.75, 3.05) is 5.75 Å². The predicted octanol–water partition coefficient (Wildman–Crippen LogP) is 4.26. The number of carbonyl (C=O) groups is 1. The van der Waals surface area contributed by atoms with E-state index in [1.165, 1.54) is 24.2 Å². The number of nitrogens with one attached hydrogen (secondary N) is 1. The number of benzene rings is 1. The highest BCUT2D eigenvalue weighted by Crippen LogP contribution is 2.39. The van der Waals surface area contributed by atoms with Gasteiger partial charge in [-0.1, -0.05) is 52.3 Å². The molecule has 0 bridgehead atoms. The summed E-state index contributed by atoms with van der Waals surface area (Å²) in [5.74, 6) is 1.44. The van der Waals surface area contributed by atoms with Crippen LogP contribution in [0.2, 0.25) is 0 Å². The first-order valence-corrected chi connectivity index (χ1v) is 11.3. The lowest BCUT2D eigenvalue weighted by molar-refractivity contribution is -0.121. The van der Waals surface area contributed by atoms with E-state index in [9.17, 15) is 4.79 Å². The van der Waals surface area contributed by atoms with Gasteiger partial charge in [-0.3, -0.25) is 9.48 Å². The first-order valence-electron chi connectivity index (χ1n) is 8.90. The number of rotatable bonds is 9. The molecule has 2 aromatic rings. The molecule has 0 spiro atoms. The van der Waals surface area contributed by atoms with Crippen LogP contribution >= 0.6 is 21.6 Å². The molecule has 1 N–H and O–H groups in total. The van der Waals surface area contributed by atoms with E-state index in [4.69, 9.17) is 0 Å². The monoisotopic (exact) mass is 375 g/mol. The SMILES string of the molecule is O=C(CCCCC1CCSS1)NCc1ccccc1Cn1cccn1. The van der Waals surface area contributed by atoms with Crippen LogP contribution in [0, 0.1) is 0 Å². The summed E-state index contributed by atoms with van der Waals surface area (Å²) in [5, 5.41) is 8.13. The number of unbranched alkanes of at least 4 members (excludes halogenated alkanes) is 1. The van der Waals surface area contributed by atoms with Crippen molar-refractivity contribution in [3.05, 3.63) is 53.9 Å². The van der Waals surface area contributed by atoms with Gasteiger partial charge in [-0.15, -0.1) is 0 Å². The van der Waals surface area contributed by atoms with Crippen molar-refractivity contribution in [2.24, 2.45) is 0 Å². The Labute approximate surface area is 157 Å². The highest BCUT2D eigenvalue weighted by Gasteiger charge is 2.15. The fourth-order valence-electron chi connectivity index (χ4n) is 2.96. The minimum absolute atomic E-state index is 0.155. The van der Waals surface area contributed by atoms with Gasteiger partial charge < -0.3 is 5.32 Å². The summed E-state index contributed by atoms with van der Waals surface area (Å²) in [4.78, 5) is 12.1. The second-order valence-electron chi connectivity index (χ2n) is 6.32. The number of hydrogen-bond donors (Lipinski definition) is 1. The van der Waals surface area contributed by atoms with Gasteiger partial charge in [-0.25, -0.2) is 0 Å². The van der Waals surface area contributed by atoms with Crippen LogP contribution in [0.5, 0.6) is 0 Å². The van der Waals surface area contributed by atoms with E-state index in [0.717, 1.165) is 30.2 Å². The maximum Gasteiger partial charge on any atom is 0.220 e. The Morgan fingerprint density at radius 3 is 2.88 bits per heavy atom. The van der Waals surface area contributed by atoms with Gasteiger partial charge in [0, 0.05) is 36.4 Å². The van der Waals surface area contributed by atoms with Crippen molar-refractivity contribution in [1.82, 2.24) is 15.1 Å². The number of amides is 1. The van der Waals surface area contributed by atoms with E-state index in [1.807, 2.05) is 50.7 Å². The molecular formula is C19H25N3OS2. The maximum atomic E-state index is 12.1. The molecule has 4 nitrogen and oxygen atoms in total. The predicted molar refractivity (Wildman–Crippen MR) is 107 cm³/mol. The third-order valence-corrected chi connectivity index (χ3v) is 7.40. The third-order valence-electron chi connectivity index (χ3n) is 4.39. The topological polar surface area (TPSA) is 46.9 Å². The van der Waals surface area contributed by atoms with Gasteiger partial charge in [0.1, 0.15) is 0 Å². The average Bonchev–Trinajstić information content (AvgIpc) is 3.32. The molecule has 134 valence electrons. The van der Waals surface area contributed by atoms with E-state index in [2.05, 4.69) is 22.5 Å². The summed E-state index contributed by atoms with van der Waals surface area (Å²) in [5.41, 5.74) is 2.35. The summed E-state index contributed by atoms with van der Waals surface area (Å²) in [6, 6.07) is 10.1. The first kappa shape index (κ1) is 18.4. The molecule has 1 fully saturated rings. The molecular weight excluding hydrogens is 350 g/mol. The van der Waals surface area contributed by atoms with Crippen LogP contribution in [0.4, 0.5) is 0 Å². The third kappa shape index (κ3) is 6.12. The van der Waals surface area contributed by atoms with E-state index < -0.39 is 0 Å². The zero-order valence-corrected chi connectivity index (χ0v) is 16.0. The number of hydrogen-bond acceptors (Lipinski definition) is 4. The molecule has 0 saturated carbocycles. The molecule has 1 atom stereocenters. The standard InChI is InChI=1S/C19H25N3OS2/c23-19(9-4-3-8-18-10-13-24-25-18)20-14-16-6-1-2-7-17(16)15-22-12-5-11-21-22/h1-2,5-7,11-12,18H,3-4,8-10,13-15H2,(H,20,23). The normalized spacial score (nSPS) is 16.9. The zero-order valence-electron chi connectivity index (χ0n) is 14.4. The minimum atomic E-state index is 0.155. The van der Waals surface area contributed by atoms with Gasteiger partial charge in [0.2, 0.25) is 5.91 Å². The van der Waals surface area contributed by atoms with Crippen molar-refractivity contribution < 1.29 is 4.79 Å². The molecule has 0 aliphatic carbocycles. The number of aromatic nitrogens is 2. The Hall–Kier alpha value is -1.40. The van der Waals surface area contributed by atoms with Crippen molar-refractivity contribution >= 4 is 27.5 Å². The molecule has 1 aliphatic rings. The van der Waals surface area contributed by atoms with Crippen molar-refractivity contribution in [3.63, 3.8) is 0 Å². The molecule has 0 radical (unpaired) electrons. The van der Waals surface area contributed by atoms with Gasteiger partial charge in [0.25, 0.3) is 0 Å². The fraction of sp³-hybridized carbons (Fsp3) is 0.474. The van der Waals surface area contributed by atoms with Gasteiger partial charge in [0.05, 0.1) is 6.54 Å². The van der Waals surface area contributed by atoms with Crippen LogP contribution < -0.4 is 5.32 Å². The molecule has 6 heteroatoms. The fourth-order valence-corrected chi connectivity index (χ4v) is 5.98. The van der Waals surface area contributed by atoms with Gasteiger partial charge in [-0.2, -0.15) is 5.10 Å². The highest BCUT2D eigenvalue weighted by molar-refractivity contribution is 8.77. The second kappa shape index (κ2) is 9.92. The molecule has 2 heterocycles. The largest absolute Gasteiger partial charge is 0.352 e. The van der Waals surface area contributed by atoms with Gasteiger partial charge in [0.15, 0.2) is 0 Å². The van der Waals surface area contributed by atoms with Crippen LogP contribution in [0.3, 0.4) is 0 Å². The lowest BCUT2D eigenvalue weighted by Crippen LogP contribution is -2.23. The Balaban J connectivity index is 1.39. The molecule has 1 aliphatic heterocycles. The number of nitrogens with zero attached hydrogens (tertiary/aromatic N) is 2. The molecule has 1 saturated heterocycles. The quantitative estimate of drug-likeness (QED) is 0.525. The van der Waals surface area contributed by atoms with Crippen LogP contribution in [0.25, 0.3) is 0 Å². The summed E-state index contributed by atoms with van der Waals surface area (Å²) in [7, 11) is 4.01. The molecule has 3 rings (SSSR count). The van der Waals surface area contributed by atoms with Crippen LogP contribution in [-0.4, -0.2) is 26.7 Å². The summed E-state index contributed by atoms with van der Waals surface area (Å²) in [6.07, 6.45) is 9.09. The highest BCUT2D eigenvalue weighted by atomic mass is 33.1. The van der Waals surface area contributed by atoms with Gasteiger partial charge in [-0.05, 0) is 36.5 Å². The second-order valence-corrected chi connectivity index (χ2v) is 9.11. The van der Waals surface area contributed by atoms with Crippen LogP contribution in [-0.2, 0) is 17.9 Å². The summed E-state index contributed by atoms with van der Waals surface area (Å²) in [6.45, 7) is 1.32. The molecule has 1 aromatic carbocycles. The first-order chi connectivity index (χ1) is 12.3. The smallest absolute Gasteiger partial charge is 0.220 e. The minimum Gasteiger partial charge on any atom is -0.352 e. The van der Waals surface area contributed by atoms with E-state index in [-0.39, 0.29) is 5.91 Å². The Morgan fingerprint density at radius 2 is 2.12 bits per heavy atom. The Morgan fingerprint density at radius 1 is 1.24 bits per heavy atom. The molecule has 25 heavy (non-hydrogen) atoms. The molecule has 1 unspecified atom stereocenters. The molecule has 1 aromatic heterocycles. The van der Waals surface area contributed by atoms with Crippen molar-refractivity contribution in [3.8, 4) is 0 Å². The lowest BCUT2D eigenvalue weighted by Gasteiger charge is -2.11. The Bertz CT molecular complexity index is 654. The van der Waals surface area contributed by atoms with E-state index >= 15 is 0 Å². The van der Waals surface area contributed by atoms with Gasteiger partial charge >= 0.3 is 0 Å². The molecule has 1 amide bonds. The zero-order chi connectivity index (χ0) is 17.3. The number of carbonyl (C=O) groups excluding carboxylic acids is 1. The Kier molecular flexibility index (Phi) is 7.30. The summed E-state index contributed by atoms with van der Waals surface area (Å²) >= 11 is 0. The van der Waals surface area contributed by atoms with Crippen molar-refractivity contribution in [1.29, 1.82) is 0 Å². The maximum absolute atomic E-state index is 12.1.